The maximum Gasteiger partial charge on any atom is 0.130 e. The Labute approximate surface area is 222 Å². The summed E-state index contributed by atoms with van der Waals surface area (Å²) in [6.07, 6.45) is 0. The summed E-state index contributed by atoms with van der Waals surface area (Å²) in [6.45, 7) is 6.84. The summed E-state index contributed by atoms with van der Waals surface area (Å²) in [6, 6.07) is 26.8. The highest BCUT2D eigenvalue weighted by atomic mass is 31.1. The van der Waals surface area contributed by atoms with Gasteiger partial charge in [-0.25, -0.2) is 0 Å². The van der Waals surface area contributed by atoms with E-state index in [1.54, 1.807) is 28.4 Å². The first-order valence-electron chi connectivity index (χ1n) is 12.3. The molecule has 4 nitrogen and oxygen atoms in total. The van der Waals surface area contributed by atoms with Crippen molar-refractivity contribution in [1.82, 2.24) is 0 Å². The van der Waals surface area contributed by atoms with Gasteiger partial charge in [0.15, 0.2) is 0 Å². The highest BCUT2D eigenvalue weighted by Crippen LogP contribution is 2.50. The number of rotatable bonds is 8. The second-order valence-corrected chi connectivity index (χ2v) is 12.0. The van der Waals surface area contributed by atoms with E-state index in [-0.39, 0.29) is 5.16 Å². The van der Waals surface area contributed by atoms with E-state index in [4.69, 9.17) is 18.9 Å². The summed E-state index contributed by atoms with van der Waals surface area (Å²) in [4.78, 5) is 0. The van der Waals surface area contributed by atoms with E-state index < -0.39 is 0 Å². The Bertz CT molecular complexity index is 1270. The number of hydrogen-bond acceptors (Lipinski definition) is 4. The molecule has 4 aromatic carbocycles. The Morgan fingerprint density at radius 3 is 1.24 bits per heavy atom. The van der Waals surface area contributed by atoms with Gasteiger partial charge in [0.2, 0.25) is 0 Å². The molecule has 0 fully saturated rings. The van der Waals surface area contributed by atoms with Crippen LogP contribution in [-0.2, 0) is 0 Å². The summed E-state index contributed by atoms with van der Waals surface area (Å²) >= 11 is 0. The minimum atomic E-state index is 0.134. The van der Waals surface area contributed by atoms with Gasteiger partial charge in [0.1, 0.15) is 23.0 Å². The molecule has 0 saturated carbocycles. The fraction of sp³-hybridized carbons (Fsp3) is 0.250. The largest absolute Gasteiger partial charge is 0.496 e. The lowest BCUT2D eigenvalue weighted by molar-refractivity contribution is 0.397. The van der Waals surface area contributed by atoms with Crippen molar-refractivity contribution >= 4 is 13.9 Å². The molecule has 1 atom stereocenters. The molecule has 192 valence electrons. The van der Waals surface area contributed by atoms with Gasteiger partial charge in [-0.3, -0.25) is 0 Å². The monoisotopic (exact) mass is 514 g/mol. The van der Waals surface area contributed by atoms with Crippen LogP contribution in [0.2, 0.25) is 0 Å². The van der Waals surface area contributed by atoms with Gasteiger partial charge >= 0.3 is 0 Å². The van der Waals surface area contributed by atoms with E-state index >= 15 is 0 Å². The van der Waals surface area contributed by atoms with Gasteiger partial charge in [-0.2, -0.15) is 0 Å². The molecule has 0 saturated heterocycles. The molecular formula is C32H35O4P. The predicted molar refractivity (Wildman–Crippen MR) is 157 cm³/mol. The van der Waals surface area contributed by atoms with Crippen molar-refractivity contribution in [2.45, 2.75) is 25.9 Å². The van der Waals surface area contributed by atoms with Crippen LogP contribution in [0.3, 0.4) is 0 Å². The van der Waals surface area contributed by atoms with Gasteiger partial charge in [-0.15, -0.1) is 0 Å². The van der Waals surface area contributed by atoms with Crippen LogP contribution >= 0.6 is 8.58 Å². The molecule has 0 aliphatic rings. The molecule has 4 aromatic rings. The Hall–Kier alpha value is -3.49. The molecule has 0 aliphatic carbocycles. The van der Waals surface area contributed by atoms with Crippen LogP contribution < -0.4 is 24.3 Å². The van der Waals surface area contributed by atoms with E-state index in [1.165, 1.54) is 10.9 Å². The average molecular weight is 515 g/mol. The number of benzene rings is 4. The van der Waals surface area contributed by atoms with Crippen LogP contribution in [-0.4, -0.2) is 33.6 Å². The lowest BCUT2D eigenvalue weighted by Crippen LogP contribution is -2.13. The minimum Gasteiger partial charge on any atom is -0.496 e. The SMILES string of the molecule is COc1cccc(OC)c1-c1cccc(-c2c(OC)cccc2OC)c1-c1ccccc1PC(C)(C)C. The predicted octanol–water partition coefficient (Wildman–Crippen LogP) is 7.82. The van der Waals surface area contributed by atoms with Crippen LogP contribution in [0.1, 0.15) is 20.8 Å². The van der Waals surface area contributed by atoms with Crippen LogP contribution in [0.15, 0.2) is 78.9 Å². The molecule has 0 amide bonds. The van der Waals surface area contributed by atoms with Crippen LogP contribution in [0.5, 0.6) is 23.0 Å². The fourth-order valence-electron chi connectivity index (χ4n) is 4.71. The lowest BCUT2D eigenvalue weighted by atomic mass is 9.86. The summed E-state index contributed by atoms with van der Waals surface area (Å²) in [5.41, 5.74) is 6.11. The van der Waals surface area contributed by atoms with Gasteiger partial charge in [0.25, 0.3) is 0 Å². The minimum absolute atomic E-state index is 0.134. The van der Waals surface area contributed by atoms with Crippen molar-refractivity contribution < 1.29 is 18.9 Å². The standard InChI is InChI=1S/C32H35O4P/c1-32(2,3)37-28-20-9-8-13-21(28)29-22(30-24(33-4)16-11-17-25(30)34-5)14-10-15-23(29)31-26(35-6)18-12-19-27(31)36-7/h8-20,37H,1-7H3. The van der Waals surface area contributed by atoms with Gasteiger partial charge in [-0.05, 0) is 57.0 Å². The molecule has 1 unspecified atom stereocenters. The smallest absolute Gasteiger partial charge is 0.130 e. The molecule has 0 bridgehead atoms. The van der Waals surface area contributed by atoms with Crippen molar-refractivity contribution in [3.8, 4) is 56.4 Å². The molecular weight excluding hydrogens is 479 g/mol. The Morgan fingerprint density at radius 1 is 0.459 bits per heavy atom. The molecule has 0 N–H and O–H groups in total. The number of ether oxygens (including phenoxy) is 4. The first kappa shape index (κ1) is 26.6. The molecule has 0 aliphatic heterocycles. The van der Waals surface area contributed by atoms with Crippen LogP contribution in [0.4, 0.5) is 0 Å². The summed E-state index contributed by atoms with van der Waals surface area (Å²) in [5, 5.41) is 1.43. The first-order valence-corrected chi connectivity index (χ1v) is 13.3. The topological polar surface area (TPSA) is 36.9 Å². The van der Waals surface area contributed by atoms with E-state index in [2.05, 4.69) is 63.2 Å². The third-order valence-corrected chi connectivity index (χ3v) is 7.62. The Balaban J connectivity index is 2.18. The average Bonchev–Trinajstić information content (AvgIpc) is 2.91. The van der Waals surface area contributed by atoms with Gasteiger partial charge in [-0.1, -0.05) is 83.9 Å². The second-order valence-electron chi connectivity index (χ2n) is 9.72. The highest BCUT2D eigenvalue weighted by molar-refractivity contribution is 7.49. The summed E-state index contributed by atoms with van der Waals surface area (Å²) < 4.78 is 23.4. The molecule has 0 radical (unpaired) electrons. The molecule has 4 rings (SSSR count). The van der Waals surface area contributed by atoms with E-state index in [9.17, 15) is 0 Å². The quantitative estimate of drug-likeness (QED) is 0.225. The molecule has 0 aromatic heterocycles. The molecule has 37 heavy (non-hydrogen) atoms. The van der Waals surface area contributed by atoms with Crippen molar-refractivity contribution in [2.24, 2.45) is 0 Å². The Kier molecular flexibility index (Phi) is 8.10. The lowest BCUT2D eigenvalue weighted by Gasteiger charge is -2.25. The van der Waals surface area contributed by atoms with Crippen LogP contribution in [0, 0.1) is 0 Å². The Morgan fingerprint density at radius 2 is 0.838 bits per heavy atom. The summed E-state index contributed by atoms with van der Waals surface area (Å²) in [7, 11) is 7.39. The summed E-state index contributed by atoms with van der Waals surface area (Å²) in [5.74, 6) is 3.00. The van der Waals surface area contributed by atoms with Gasteiger partial charge in [0.05, 0.1) is 39.6 Å². The zero-order valence-electron chi connectivity index (χ0n) is 22.6. The molecule has 0 spiro atoms. The number of hydrogen-bond donors (Lipinski definition) is 0. The van der Waals surface area contributed by atoms with E-state index in [0.717, 1.165) is 50.8 Å². The third kappa shape index (κ3) is 5.45. The maximum atomic E-state index is 5.85. The second kappa shape index (κ2) is 11.3. The van der Waals surface area contributed by atoms with Crippen LogP contribution in [0.25, 0.3) is 33.4 Å². The number of methoxy groups -OCH3 is 4. The van der Waals surface area contributed by atoms with E-state index in [0.29, 0.717) is 8.58 Å². The van der Waals surface area contributed by atoms with Gasteiger partial charge < -0.3 is 18.9 Å². The van der Waals surface area contributed by atoms with Crippen molar-refractivity contribution in [3.05, 3.63) is 78.9 Å². The van der Waals surface area contributed by atoms with E-state index in [1.807, 2.05) is 36.4 Å². The normalized spacial score (nSPS) is 11.5. The zero-order valence-corrected chi connectivity index (χ0v) is 23.6. The van der Waals surface area contributed by atoms with Crippen molar-refractivity contribution in [2.75, 3.05) is 28.4 Å². The zero-order chi connectivity index (χ0) is 26.6. The van der Waals surface area contributed by atoms with Crippen molar-refractivity contribution in [3.63, 3.8) is 0 Å². The maximum absolute atomic E-state index is 5.85. The van der Waals surface area contributed by atoms with Gasteiger partial charge in [0, 0.05) is 0 Å². The molecule has 0 heterocycles. The van der Waals surface area contributed by atoms with Crippen molar-refractivity contribution in [1.29, 1.82) is 0 Å². The fourth-order valence-corrected chi connectivity index (χ4v) is 6.04. The first-order chi connectivity index (χ1) is 17.8. The highest BCUT2D eigenvalue weighted by Gasteiger charge is 2.25. The molecule has 5 heteroatoms. The third-order valence-electron chi connectivity index (χ3n) is 6.16.